The maximum atomic E-state index is 12.9. The standard InChI is InChI=1S/C25H19N3O4/c29-24-20-9-8-18(25(30)31)14-21(20)27-23-17(10-12-28(23)24)13-16-5-1-2-7-22(16)32-15-19-6-3-4-11-26-19/h1-9,11,13-14H,10,12,15H2,(H,30,31)/b17-13+. The molecule has 2 aromatic heterocycles. The number of fused-ring (bicyclic) bond motifs is 2. The number of ether oxygens (including phenoxy) is 1. The quantitative estimate of drug-likeness (QED) is 0.519. The zero-order chi connectivity index (χ0) is 22.1. The van der Waals surface area contributed by atoms with Crippen molar-refractivity contribution in [2.75, 3.05) is 0 Å². The van der Waals surface area contributed by atoms with Gasteiger partial charge in [0, 0.05) is 18.3 Å². The minimum absolute atomic E-state index is 0.103. The maximum Gasteiger partial charge on any atom is 0.335 e. The number of para-hydroxylation sites is 1. The monoisotopic (exact) mass is 425 g/mol. The van der Waals surface area contributed by atoms with E-state index in [0.717, 1.165) is 16.8 Å². The molecule has 7 nitrogen and oxygen atoms in total. The molecule has 1 aliphatic rings. The Labute approximate surface area is 183 Å². The number of carboxylic acid groups (broad SMARTS) is 1. The SMILES string of the molecule is O=C(O)c1ccc2c(=O)n3c(nc2c1)/C(=C/c1ccccc1OCc1ccccn1)CC3. The Hall–Kier alpha value is -4.26. The average Bonchev–Trinajstić information content (AvgIpc) is 3.21. The number of nitrogens with zero attached hydrogens (tertiary/aromatic N) is 3. The molecule has 4 aromatic rings. The third kappa shape index (κ3) is 3.65. The van der Waals surface area contributed by atoms with E-state index in [9.17, 15) is 14.7 Å². The highest BCUT2D eigenvalue weighted by Gasteiger charge is 2.22. The number of carbonyl (C=O) groups is 1. The zero-order valence-corrected chi connectivity index (χ0v) is 17.1. The van der Waals surface area contributed by atoms with Crippen LogP contribution in [0.15, 0.2) is 71.7 Å². The van der Waals surface area contributed by atoms with Gasteiger partial charge in [-0.15, -0.1) is 0 Å². The molecule has 1 aliphatic heterocycles. The first-order valence-electron chi connectivity index (χ1n) is 10.2. The fourth-order valence-corrected chi connectivity index (χ4v) is 3.84. The summed E-state index contributed by atoms with van der Waals surface area (Å²) in [7, 11) is 0. The Morgan fingerprint density at radius 2 is 1.97 bits per heavy atom. The van der Waals surface area contributed by atoms with Crippen LogP contribution in [0.25, 0.3) is 22.6 Å². The highest BCUT2D eigenvalue weighted by atomic mass is 16.5. The Bertz CT molecular complexity index is 1420. The number of hydrogen-bond acceptors (Lipinski definition) is 5. The number of hydrogen-bond donors (Lipinski definition) is 1. The summed E-state index contributed by atoms with van der Waals surface area (Å²) in [6, 6.07) is 17.8. The van der Waals surface area contributed by atoms with Crippen LogP contribution in [0.4, 0.5) is 0 Å². The van der Waals surface area contributed by atoms with Crippen LogP contribution in [0.5, 0.6) is 5.75 Å². The van der Waals surface area contributed by atoms with E-state index in [0.29, 0.717) is 42.0 Å². The molecule has 3 heterocycles. The Morgan fingerprint density at radius 1 is 1.12 bits per heavy atom. The van der Waals surface area contributed by atoms with Gasteiger partial charge in [0.05, 0.1) is 22.2 Å². The normalized spacial score (nSPS) is 13.9. The van der Waals surface area contributed by atoms with Crippen molar-refractivity contribution in [2.45, 2.75) is 19.6 Å². The lowest BCUT2D eigenvalue weighted by Gasteiger charge is -2.10. The minimum Gasteiger partial charge on any atom is -0.487 e. The van der Waals surface area contributed by atoms with Crippen molar-refractivity contribution in [2.24, 2.45) is 0 Å². The van der Waals surface area contributed by atoms with Gasteiger partial charge < -0.3 is 9.84 Å². The second kappa shape index (κ2) is 8.11. The van der Waals surface area contributed by atoms with Gasteiger partial charge >= 0.3 is 5.97 Å². The van der Waals surface area contributed by atoms with Crippen molar-refractivity contribution >= 4 is 28.5 Å². The van der Waals surface area contributed by atoms with Crippen LogP contribution in [0.2, 0.25) is 0 Å². The molecule has 0 saturated carbocycles. The fraction of sp³-hybridized carbons (Fsp3) is 0.120. The largest absolute Gasteiger partial charge is 0.487 e. The molecule has 158 valence electrons. The smallest absolute Gasteiger partial charge is 0.335 e. The predicted molar refractivity (Wildman–Crippen MR) is 120 cm³/mol. The van der Waals surface area contributed by atoms with Crippen molar-refractivity contribution < 1.29 is 14.6 Å². The van der Waals surface area contributed by atoms with Gasteiger partial charge in [0.15, 0.2) is 0 Å². The van der Waals surface area contributed by atoms with Gasteiger partial charge in [0.1, 0.15) is 18.2 Å². The van der Waals surface area contributed by atoms with E-state index in [1.807, 2.05) is 48.5 Å². The van der Waals surface area contributed by atoms with E-state index < -0.39 is 5.97 Å². The molecule has 7 heteroatoms. The van der Waals surface area contributed by atoms with Crippen molar-refractivity contribution in [1.29, 1.82) is 0 Å². The molecule has 0 unspecified atom stereocenters. The van der Waals surface area contributed by atoms with E-state index in [4.69, 9.17) is 4.74 Å². The second-order valence-corrected chi connectivity index (χ2v) is 7.50. The molecule has 0 atom stereocenters. The van der Waals surface area contributed by atoms with Crippen LogP contribution < -0.4 is 10.3 Å². The van der Waals surface area contributed by atoms with Crippen molar-refractivity contribution in [3.05, 3.63) is 99.9 Å². The lowest BCUT2D eigenvalue weighted by atomic mass is 10.1. The first-order valence-corrected chi connectivity index (χ1v) is 10.2. The summed E-state index contributed by atoms with van der Waals surface area (Å²) in [5.41, 5.74) is 2.93. The van der Waals surface area contributed by atoms with E-state index in [1.54, 1.807) is 10.8 Å². The number of carboxylic acids is 1. The molecule has 2 aromatic carbocycles. The Kier molecular flexibility index (Phi) is 4.99. The highest BCUT2D eigenvalue weighted by molar-refractivity contribution is 5.93. The maximum absolute atomic E-state index is 12.9. The van der Waals surface area contributed by atoms with Crippen LogP contribution in [0, 0.1) is 0 Å². The van der Waals surface area contributed by atoms with Crippen molar-refractivity contribution in [3.63, 3.8) is 0 Å². The third-order valence-corrected chi connectivity index (χ3v) is 5.44. The third-order valence-electron chi connectivity index (χ3n) is 5.44. The number of benzene rings is 2. The second-order valence-electron chi connectivity index (χ2n) is 7.50. The van der Waals surface area contributed by atoms with Gasteiger partial charge in [-0.2, -0.15) is 0 Å². The lowest BCUT2D eigenvalue weighted by Crippen LogP contribution is -2.21. The highest BCUT2D eigenvalue weighted by Crippen LogP contribution is 2.30. The van der Waals surface area contributed by atoms with Crippen LogP contribution >= 0.6 is 0 Å². The van der Waals surface area contributed by atoms with Crippen molar-refractivity contribution in [1.82, 2.24) is 14.5 Å². The number of allylic oxidation sites excluding steroid dienone is 1. The molecule has 5 rings (SSSR count). The number of rotatable bonds is 5. The molecule has 0 bridgehead atoms. The summed E-state index contributed by atoms with van der Waals surface area (Å²) in [5.74, 6) is 0.217. The Morgan fingerprint density at radius 3 is 2.78 bits per heavy atom. The van der Waals surface area contributed by atoms with Crippen molar-refractivity contribution in [3.8, 4) is 5.75 Å². The molecule has 0 radical (unpaired) electrons. The molecule has 1 N–H and O–H groups in total. The van der Waals surface area contributed by atoms with Crippen LogP contribution in [-0.2, 0) is 13.2 Å². The van der Waals surface area contributed by atoms with E-state index in [-0.39, 0.29) is 11.1 Å². The van der Waals surface area contributed by atoms with Gasteiger partial charge in [-0.3, -0.25) is 14.3 Å². The van der Waals surface area contributed by atoms with Crippen LogP contribution in [-0.4, -0.2) is 25.6 Å². The van der Waals surface area contributed by atoms with E-state index in [1.165, 1.54) is 18.2 Å². The zero-order valence-electron chi connectivity index (χ0n) is 17.1. The molecular formula is C25H19N3O4. The summed E-state index contributed by atoms with van der Waals surface area (Å²) < 4.78 is 7.64. The van der Waals surface area contributed by atoms with E-state index in [2.05, 4.69) is 9.97 Å². The molecule has 0 aliphatic carbocycles. The topological polar surface area (TPSA) is 94.3 Å². The summed E-state index contributed by atoms with van der Waals surface area (Å²) in [5, 5.41) is 9.69. The summed E-state index contributed by atoms with van der Waals surface area (Å²) in [4.78, 5) is 33.2. The first kappa shape index (κ1) is 19.7. The lowest BCUT2D eigenvalue weighted by molar-refractivity contribution is 0.0697. The van der Waals surface area contributed by atoms with Crippen LogP contribution in [0.1, 0.15) is 33.9 Å². The predicted octanol–water partition coefficient (Wildman–Crippen LogP) is 4.01. The summed E-state index contributed by atoms with van der Waals surface area (Å²) in [6.07, 6.45) is 4.36. The summed E-state index contributed by atoms with van der Waals surface area (Å²) in [6.45, 7) is 0.874. The average molecular weight is 425 g/mol. The molecule has 0 fully saturated rings. The van der Waals surface area contributed by atoms with Gasteiger partial charge in [0.25, 0.3) is 5.56 Å². The molecular weight excluding hydrogens is 406 g/mol. The fourth-order valence-electron chi connectivity index (χ4n) is 3.84. The van der Waals surface area contributed by atoms with Gasteiger partial charge in [0.2, 0.25) is 0 Å². The molecule has 0 amide bonds. The van der Waals surface area contributed by atoms with Gasteiger partial charge in [-0.25, -0.2) is 9.78 Å². The van der Waals surface area contributed by atoms with Gasteiger partial charge in [-0.1, -0.05) is 24.3 Å². The number of pyridine rings is 1. The molecule has 32 heavy (non-hydrogen) atoms. The number of aromatic carboxylic acids is 1. The molecule has 0 spiro atoms. The first-order chi connectivity index (χ1) is 15.6. The van der Waals surface area contributed by atoms with Crippen LogP contribution in [0.3, 0.4) is 0 Å². The minimum atomic E-state index is -1.05. The number of aromatic nitrogens is 3. The van der Waals surface area contributed by atoms with Gasteiger partial charge in [-0.05, 0) is 54.5 Å². The van der Waals surface area contributed by atoms with E-state index >= 15 is 0 Å². The summed E-state index contributed by atoms with van der Waals surface area (Å²) >= 11 is 0. The molecule has 0 saturated heterocycles. The Balaban J connectivity index is 1.53.